The van der Waals surface area contributed by atoms with Crippen molar-refractivity contribution >= 4 is 22.6 Å². The minimum atomic E-state index is -0.125. The Morgan fingerprint density at radius 1 is 0.897 bits per heavy atom. The van der Waals surface area contributed by atoms with Gasteiger partial charge in [0.25, 0.3) is 0 Å². The number of hydrogen-bond donors (Lipinski definition) is 0. The Hall–Kier alpha value is -2.95. The monoisotopic (exact) mass is 386 g/mol. The van der Waals surface area contributed by atoms with E-state index < -0.39 is 0 Å². The van der Waals surface area contributed by atoms with Crippen LogP contribution in [0.4, 0.5) is 5.95 Å². The quantitative estimate of drug-likeness (QED) is 0.674. The third kappa shape index (κ3) is 3.57. The van der Waals surface area contributed by atoms with Crippen LogP contribution in [0.3, 0.4) is 0 Å². The summed E-state index contributed by atoms with van der Waals surface area (Å²) in [6.07, 6.45) is 7.17. The van der Waals surface area contributed by atoms with E-state index in [-0.39, 0.29) is 11.9 Å². The van der Waals surface area contributed by atoms with Crippen molar-refractivity contribution in [3.63, 3.8) is 0 Å². The molecule has 1 amide bonds. The van der Waals surface area contributed by atoms with Crippen LogP contribution in [0.25, 0.3) is 22.0 Å². The predicted molar refractivity (Wildman–Crippen MR) is 116 cm³/mol. The van der Waals surface area contributed by atoms with Crippen LogP contribution < -0.4 is 4.90 Å². The molecule has 1 aromatic heterocycles. The Bertz CT molecular complexity index is 1030. The smallest absolute Gasteiger partial charge is 0.245 e. The molecule has 5 nitrogen and oxygen atoms in total. The minimum absolute atomic E-state index is 0.125. The van der Waals surface area contributed by atoms with Crippen molar-refractivity contribution in [3.8, 4) is 11.3 Å². The summed E-state index contributed by atoms with van der Waals surface area (Å²) >= 11 is 0. The molecule has 2 aliphatic heterocycles. The first-order valence-electron chi connectivity index (χ1n) is 10.7. The van der Waals surface area contributed by atoms with Gasteiger partial charge in [0.2, 0.25) is 11.9 Å². The van der Waals surface area contributed by atoms with E-state index in [1.165, 1.54) is 17.2 Å². The Morgan fingerprint density at radius 2 is 1.72 bits per heavy atom. The van der Waals surface area contributed by atoms with Crippen LogP contribution in [0.2, 0.25) is 0 Å². The van der Waals surface area contributed by atoms with E-state index >= 15 is 0 Å². The summed E-state index contributed by atoms with van der Waals surface area (Å²) in [5, 5.41) is 2.42. The summed E-state index contributed by atoms with van der Waals surface area (Å²) in [7, 11) is 0. The van der Waals surface area contributed by atoms with Gasteiger partial charge in [-0.25, -0.2) is 9.97 Å². The van der Waals surface area contributed by atoms with Gasteiger partial charge in [-0.05, 0) is 55.0 Å². The molecule has 0 unspecified atom stereocenters. The molecule has 2 fully saturated rings. The van der Waals surface area contributed by atoms with Gasteiger partial charge in [-0.2, -0.15) is 0 Å². The Morgan fingerprint density at radius 3 is 2.59 bits per heavy atom. The van der Waals surface area contributed by atoms with Crippen LogP contribution in [0.5, 0.6) is 0 Å². The molecule has 0 N–H and O–H groups in total. The summed E-state index contributed by atoms with van der Waals surface area (Å²) in [4.78, 5) is 26.7. The number of anilines is 1. The van der Waals surface area contributed by atoms with Gasteiger partial charge in [0.05, 0.1) is 5.69 Å². The molecule has 3 heterocycles. The summed E-state index contributed by atoms with van der Waals surface area (Å²) in [6, 6.07) is 16.6. The number of rotatable bonds is 3. The number of carbonyl (C=O) groups is 1. The van der Waals surface area contributed by atoms with Gasteiger partial charge in [0, 0.05) is 31.4 Å². The van der Waals surface area contributed by atoms with Crippen LogP contribution in [0.15, 0.2) is 54.7 Å². The first-order valence-corrected chi connectivity index (χ1v) is 10.7. The Balaban J connectivity index is 1.42. The van der Waals surface area contributed by atoms with Gasteiger partial charge in [0.15, 0.2) is 0 Å². The lowest BCUT2D eigenvalue weighted by atomic mass is 10.1. The van der Waals surface area contributed by atoms with E-state index in [1.54, 1.807) is 0 Å². The number of fused-ring (bicyclic) bond motifs is 1. The lowest BCUT2D eigenvalue weighted by Crippen LogP contribution is -2.48. The zero-order valence-electron chi connectivity index (χ0n) is 16.6. The maximum atomic E-state index is 13.1. The van der Waals surface area contributed by atoms with Gasteiger partial charge in [-0.3, -0.25) is 4.79 Å². The second-order valence-electron chi connectivity index (χ2n) is 8.04. The number of nitrogens with zero attached hydrogens (tertiary/aromatic N) is 4. The predicted octanol–water partition coefficient (Wildman–Crippen LogP) is 4.28. The van der Waals surface area contributed by atoms with Crippen molar-refractivity contribution in [3.05, 3.63) is 54.7 Å². The van der Waals surface area contributed by atoms with E-state index in [0.717, 1.165) is 56.6 Å². The molecule has 5 heteroatoms. The van der Waals surface area contributed by atoms with Crippen molar-refractivity contribution in [2.24, 2.45) is 0 Å². The third-order valence-electron chi connectivity index (χ3n) is 6.15. The number of likely N-dealkylation sites (tertiary alicyclic amines) is 1. The fourth-order valence-corrected chi connectivity index (χ4v) is 4.58. The summed E-state index contributed by atoms with van der Waals surface area (Å²) in [6.45, 7) is 2.62. The van der Waals surface area contributed by atoms with Gasteiger partial charge in [-0.15, -0.1) is 0 Å². The van der Waals surface area contributed by atoms with E-state index in [0.29, 0.717) is 5.95 Å². The number of amides is 1. The molecule has 3 aromatic rings. The molecule has 2 aliphatic rings. The van der Waals surface area contributed by atoms with Gasteiger partial charge < -0.3 is 9.80 Å². The number of carbonyl (C=O) groups excluding carboxylic acids is 1. The van der Waals surface area contributed by atoms with Crippen LogP contribution in [-0.4, -0.2) is 46.5 Å². The fourth-order valence-electron chi connectivity index (χ4n) is 4.58. The first-order chi connectivity index (χ1) is 14.3. The summed E-state index contributed by atoms with van der Waals surface area (Å²) in [5.74, 6) is 0.922. The normalized spacial score (nSPS) is 19.7. The summed E-state index contributed by atoms with van der Waals surface area (Å²) in [5.41, 5.74) is 1.97. The molecule has 5 rings (SSSR count). The van der Waals surface area contributed by atoms with Gasteiger partial charge >= 0.3 is 0 Å². The molecule has 0 bridgehead atoms. The van der Waals surface area contributed by atoms with E-state index in [9.17, 15) is 4.79 Å². The van der Waals surface area contributed by atoms with Crippen LogP contribution in [-0.2, 0) is 4.79 Å². The number of benzene rings is 2. The van der Waals surface area contributed by atoms with E-state index in [2.05, 4.69) is 52.3 Å². The average molecular weight is 386 g/mol. The SMILES string of the molecule is O=C([C@@H]1CCCN1c1nccc(-c2ccc3ccccc3c2)n1)N1CCCCC1. The highest BCUT2D eigenvalue weighted by Crippen LogP contribution is 2.28. The second-order valence-corrected chi connectivity index (χ2v) is 8.04. The third-order valence-corrected chi connectivity index (χ3v) is 6.15. The highest BCUT2D eigenvalue weighted by molar-refractivity contribution is 5.87. The molecule has 0 spiro atoms. The standard InChI is InChI=1S/C24H26N4O/c29-23(27-14-4-1-5-15-27)22-9-6-16-28(22)24-25-13-12-21(26-24)20-11-10-18-7-2-3-8-19(18)17-20/h2-3,7-8,10-13,17,22H,1,4-6,9,14-16H2/t22-/m0/s1. The van der Waals surface area contributed by atoms with E-state index in [4.69, 9.17) is 4.98 Å². The average Bonchev–Trinajstić information content (AvgIpc) is 3.29. The lowest BCUT2D eigenvalue weighted by Gasteiger charge is -2.32. The number of hydrogen-bond acceptors (Lipinski definition) is 4. The highest BCUT2D eigenvalue weighted by Gasteiger charge is 2.35. The molecular weight excluding hydrogens is 360 g/mol. The van der Waals surface area contributed by atoms with Crippen molar-refractivity contribution < 1.29 is 4.79 Å². The topological polar surface area (TPSA) is 49.3 Å². The zero-order valence-corrected chi connectivity index (χ0v) is 16.6. The van der Waals surface area contributed by atoms with Crippen molar-refractivity contribution in [1.82, 2.24) is 14.9 Å². The minimum Gasteiger partial charge on any atom is -0.341 e. The molecule has 0 radical (unpaired) electrons. The van der Waals surface area contributed by atoms with Crippen molar-refractivity contribution in [2.75, 3.05) is 24.5 Å². The fraction of sp³-hybridized carbons (Fsp3) is 0.375. The number of aromatic nitrogens is 2. The lowest BCUT2D eigenvalue weighted by molar-refractivity contribution is -0.133. The molecule has 29 heavy (non-hydrogen) atoms. The first kappa shape index (κ1) is 18.1. The van der Waals surface area contributed by atoms with E-state index in [1.807, 2.05) is 17.2 Å². The Kier molecular flexibility index (Phi) is 4.88. The Labute approximate surface area is 171 Å². The molecule has 0 aliphatic carbocycles. The maximum Gasteiger partial charge on any atom is 0.245 e. The maximum absolute atomic E-state index is 13.1. The van der Waals surface area contributed by atoms with Gasteiger partial charge in [-0.1, -0.05) is 36.4 Å². The van der Waals surface area contributed by atoms with Crippen molar-refractivity contribution in [1.29, 1.82) is 0 Å². The molecule has 1 atom stereocenters. The van der Waals surface area contributed by atoms with Crippen molar-refractivity contribution in [2.45, 2.75) is 38.1 Å². The van der Waals surface area contributed by atoms with Crippen LogP contribution >= 0.6 is 0 Å². The summed E-state index contributed by atoms with van der Waals surface area (Å²) < 4.78 is 0. The number of piperidine rings is 1. The van der Waals surface area contributed by atoms with Gasteiger partial charge in [0.1, 0.15) is 6.04 Å². The largest absolute Gasteiger partial charge is 0.341 e. The molecular formula is C24H26N4O. The second kappa shape index (κ2) is 7.82. The zero-order chi connectivity index (χ0) is 19.6. The molecule has 148 valence electrons. The molecule has 2 saturated heterocycles. The molecule has 2 aromatic carbocycles. The highest BCUT2D eigenvalue weighted by atomic mass is 16.2. The van der Waals surface area contributed by atoms with Crippen LogP contribution in [0, 0.1) is 0 Å². The molecule has 0 saturated carbocycles. The van der Waals surface area contributed by atoms with Crippen LogP contribution in [0.1, 0.15) is 32.1 Å².